The number of carbonyl (C=O) groups is 2. The predicted octanol–water partition coefficient (Wildman–Crippen LogP) is -0.601. The number of nitrogens with zero attached hydrogens (tertiary/aromatic N) is 3. The fourth-order valence-electron chi connectivity index (χ4n) is 2.44. The van der Waals surface area contributed by atoms with Gasteiger partial charge < -0.3 is 14.5 Å². The van der Waals surface area contributed by atoms with E-state index in [1.54, 1.807) is 4.90 Å². The third-order valence-corrected chi connectivity index (χ3v) is 3.74. The topological polar surface area (TPSA) is 53.1 Å². The first kappa shape index (κ1) is 14.3. The largest absolute Gasteiger partial charge is 0.463 e. The highest BCUT2D eigenvalue weighted by molar-refractivity contribution is 5.78. The Labute approximate surface area is 114 Å². The van der Waals surface area contributed by atoms with Gasteiger partial charge in [0.05, 0.1) is 13.1 Å². The van der Waals surface area contributed by atoms with E-state index in [4.69, 9.17) is 4.74 Å². The van der Waals surface area contributed by atoms with Crippen molar-refractivity contribution in [3.05, 3.63) is 0 Å². The Balaban J connectivity index is 1.58. The van der Waals surface area contributed by atoms with Crippen molar-refractivity contribution in [3.8, 4) is 0 Å². The van der Waals surface area contributed by atoms with Crippen LogP contribution in [0.1, 0.15) is 12.8 Å². The third kappa shape index (κ3) is 4.47. The van der Waals surface area contributed by atoms with E-state index in [2.05, 4.69) is 16.8 Å². The zero-order chi connectivity index (χ0) is 13.7. The summed E-state index contributed by atoms with van der Waals surface area (Å²) in [6, 6.07) is 0. The van der Waals surface area contributed by atoms with E-state index < -0.39 is 0 Å². The smallest absolute Gasteiger partial charge is 0.320 e. The van der Waals surface area contributed by atoms with E-state index in [0.29, 0.717) is 26.1 Å². The molecular weight excluding hydrogens is 246 g/mol. The molecule has 0 aromatic rings. The average molecular weight is 269 g/mol. The summed E-state index contributed by atoms with van der Waals surface area (Å²) in [5.74, 6) is -0.00804. The van der Waals surface area contributed by atoms with Gasteiger partial charge in [-0.25, -0.2) is 0 Å². The molecule has 0 unspecified atom stereocenters. The number of likely N-dealkylation sites (N-methyl/N-ethyl adjacent to an activating group) is 1. The monoisotopic (exact) mass is 269 g/mol. The van der Waals surface area contributed by atoms with Crippen molar-refractivity contribution >= 4 is 11.9 Å². The van der Waals surface area contributed by atoms with Crippen LogP contribution < -0.4 is 0 Å². The molecule has 19 heavy (non-hydrogen) atoms. The molecule has 0 atom stereocenters. The van der Waals surface area contributed by atoms with E-state index in [0.717, 1.165) is 39.1 Å². The molecule has 2 aliphatic rings. The maximum Gasteiger partial charge on any atom is 0.320 e. The summed E-state index contributed by atoms with van der Waals surface area (Å²) in [6.45, 7) is 5.83. The quantitative estimate of drug-likeness (QED) is 0.624. The second kappa shape index (κ2) is 6.86. The van der Waals surface area contributed by atoms with Gasteiger partial charge in [-0.2, -0.15) is 0 Å². The van der Waals surface area contributed by atoms with Crippen molar-refractivity contribution < 1.29 is 14.3 Å². The summed E-state index contributed by atoms with van der Waals surface area (Å²) in [7, 11) is 2.09. The molecule has 6 nitrogen and oxygen atoms in total. The molecule has 1 amide bonds. The molecule has 2 aliphatic heterocycles. The van der Waals surface area contributed by atoms with Crippen LogP contribution in [0.3, 0.4) is 0 Å². The van der Waals surface area contributed by atoms with E-state index >= 15 is 0 Å². The van der Waals surface area contributed by atoms with Gasteiger partial charge in [-0.15, -0.1) is 0 Å². The Bertz CT molecular complexity index is 327. The normalized spacial score (nSPS) is 21.9. The van der Waals surface area contributed by atoms with Gasteiger partial charge in [0.2, 0.25) is 5.91 Å². The lowest BCUT2D eigenvalue weighted by Gasteiger charge is -2.31. The van der Waals surface area contributed by atoms with Crippen molar-refractivity contribution in [2.45, 2.75) is 12.8 Å². The zero-order valence-corrected chi connectivity index (χ0v) is 11.6. The van der Waals surface area contributed by atoms with Crippen molar-refractivity contribution in [1.82, 2.24) is 14.7 Å². The number of carbonyl (C=O) groups excluding carboxylic acids is 2. The fourth-order valence-corrected chi connectivity index (χ4v) is 2.44. The number of likely N-dealkylation sites (tertiary alicyclic amines) is 1. The Morgan fingerprint density at radius 3 is 2.58 bits per heavy atom. The van der Waals surface area contributed by atoms with Crippen LogP contribution in [0, 0.1) is 0 Å². The zero-order valence-electron chi connectivity index (χ0n) is 11.6. The van der Waals surface area contributed by atoms with Gasteiger partial charge in [0, 0.05) is 39.1 Å². The minimum atomic E-state index is -0.184. The van der Waals surface area contributed by atoms with E-state index in [1.165, 1.54) is 0 Å². The minimum Gasteiger partial charge on any atom is -0.463 e. The van der Waals surface area contributed by atoms with Gasteiger partial charge in [0.1, 0.15) is 6.61 Å². The highest BCUT2D eigenvalue weighted by Crippen LogP contribution is 2.08. The number of hydrogen-bond acceptors (Lipinski definition) is 5. The van der Waals surface area contributed by atoms with Crippen LogP contribution in [0.25, 0.3) is 0 Å². The molecule has 0 saturated carbocycles. The summed E-state index contributed by atoms with van der Waals surface area (Å²) >= 11 is 0. The highest BCUT2D eigenvalue weighted by Gasteiger charge is 2.21. The Kier molecular flexibility index (Phi) is 5.15. The first-order valence-electron chi connectivity index (χ1n) is 6.99. The van der Waals surface area contributed by atoms with Gasteiger partial charge >= 0.3 is 5.97 Å². The predicted molar refractivity (Wildman–Crippen MR) is 70.7 cm³/mol. The minimum absolute atomic E-state index is 0.176. The Morgan fingerprint density at radius 1 is 1.21 bits per heavy atom. The summed E-state index contributed by atoms with van der Waals surface area (Å²) in [5.41, 5.74) is 0. The third-order valence-electron chi connectivity index (χ3n) is 3.74. The van der Waals surface area contributed by atoms with E-state index in [-0.39, 0.29) is 11.9 Å². The summed E-state index contributed by atoms with van der Waals surface area (Å²) < 4.78 is 5.19. The second-order valence-corrected chi connectivity index (χ2v) is 5.28. The van der Waals surface area contributed by atoms with Gasteiger partial charge in [-0.3, -0.25) is 14.5 Å². The van der Waals surface area contributed by atoms with Gasteiger partial charge in [0.25, 0.3) is 0 Å². The molecule has 0 aromatic carbocycles. The maximum absolute atomic E-state index is 11.7. The standard InChI is InChI=1S/C13H23N3O3/c1-14-5-7-15(8-6-14)11-13(18)19-10-9-16-4-2-3-12(16)17/h2-11H2,1H3. The molecule has 2 rings (SSSR count). The van der Waals surface area contributed by atoms with Crippen molar-refractivity contribution in [2.75, 3.05) is 59.5 Å². The number of hydrogen-bond donors (Lipinski definition) is 0. The number of rotatable bonds is 5. The van der Waals surface area contributed by atoms with Crippen LogP contribution in [-0.2, 0) is 14.3 Å². The molecule has 2 heterocycles. The first-order chi connectivity index (χ1) is 9.15. The van der Waals surface area contributed by atoms with E-state index in [1.807, 2.05) is 0 Å². The highest BCUT2D eigenvalue weighted by atomic mass is 16.5. The van der Waals surface area contributed by atoms with Crippen molar-refractivity contribution in [2.24, 2.45) is 0 Å². The van der Waals surface area contributed by atoms with Crippen LogP contribution in [-0.4, -0.2) is 86.0 Å². The van der Waals surface area contributed by atoms with Crippen LogP contribution in [0.15, 0.2) is 0 Å². The fraction of sp³-hybridized carbons (Fsp3) is 0.846. The molecular formula is C13H23N3O3. The second-order valence-electron chi connectivity index (χ2n) is 5.28. The van der Waals surface area contributed by atoms with Crippen molar-refractivity contribution in [1.29, 1.82) is 0 Å². The van der Waals surface area contributed by atoms with Crippen LogP contribution in [0.4, 0.5) is 0 Å². The van der Waals surface area contributed by atoms with Gasteiger partial charge in [-0.1, -0.05) is 0 Å². The average Bonchev–Trinajstić information content (AvgIpc) is 2.78. The molecule has 2 saturated heterocycles. The Hall–Kier alpha value is -1.14. The van der Waals surface area contributed by atoms with Crippen LogP contribution in [0.5, 0.6) is 0 Å². The maximum atomic E-state index is 11.7. The molecule has 0 spiro atoms. The van der Waals surface area contributed by atoms with Gasteiger partial charge in [0.15, 0.2) is 0 Å². The number of amides is 1. The molecule has 108 valence electrons. The number of esters is 1. The van der Waals surface area contributed by atoms with Crippen LogP contribution >= 0.6 is 0 Å². The lowest BCUT2D eigenvalue weighted by Crippen LogP contribution is -2.46. The number of piperazine rings is 1. The lowest BCUT2D eigenvalue weighted by atomic mass is 10.3. The van der Waals surface area contributed by atoms with E-state index in [9.17, 15) is 9.59 Å². The van der Waals surface area contributed by atoms with Crippen LogP contribution in [0.2, 0.25) is 0 Å². The molecule has 0 N–H and O–H groups in total. The number of ether oxygens (including phenoxy) is 1. The van der Waals surface area contributed by atoms with Crippen molar-refractivity contribution in [3.63, 3.8) is 0 Å². The molecule has 0 aliphatic carbocycles. The summed E-state index contributed by atoms with van der Waals surface area (Å²) in [4.78, 5) is 29.2. The first-order valence-corrected chi connectivity index (χ1v) is 6.99. The SMILES string of the molecule is CN1CCN(CC(=O)OCCN2CCCC2=O)CC1. The molecule has 2 fully saturated rings. The Morgan fingerprint density at radius 2 is 1.95 bits per heavy atom. The molecule has 0 radical (unpaired) electrons. The molecule has 6 heteroatoms. The summed E-state index contributed by atoms with van der Waals surface area (Å²) in [5, 5.41) is 0. The lowest BCUT2D eigenvalue weighted by molar-refractivity contribution is -0.146. The summed E-state index contributed by atoms with van der Waals surface area (Å²) in [6.07, 6.45) is 1.56. The van der Waals surface area contributed by atoms with Gasteiger partial charge in [-0.05, 0) is 13.5 Å². The molecule has 0 aromatic heterocycles. The molecule has 0 bridgehead atoms.